The maximum atomic E-state index is 11.7. The summed E-state index contributed by atoms with van der Waals surface area (Å²) in [5, 5.41) is 7.98. The van der Waals surface area contributed by atoms with Gasteiger partial charge in [0.1, 0.15) is 4.88 Å². The highest BCUT2D eigenvalue weighted by atomic mass is 32.1. The van der Waals surface area contributed by atoms with Crippen LogP contribution in [0, 0.1) is 13.8 Å². The molecular formula is C12H16N4O2S. The molecule has 0 aliphatic carbocycles. The fourth-order valence-corrected chi connectivity index (χ4v) is 2.45. The lowest BCUT2D eigenvalue weighted by Gasteiger charge is -2.00. The monoisotopic (exact) mass is 280 g/mol. The molecule has 7 heteroatoms. The van der Waals surface area contributed by atoms with E-state index in [1.165, 1.54) is 11.3 Å². The molecule has 0 aromatic carbocycles. The average Bonchev–Trinajstić information content (AvgIpc) is 2.87. The molecular weight excluding hydrogens is 264 g/mol. The molecule has 0 aliphatic rings. The van der Waals surface area contributed by atoms with Crippen molar-refractivity contribution in [1.29, 1.82) is 0 Å². The third-order valence-electron chi connectivity index (χ3n) is 2.73. The van der Waals surface area contributed by atoms with Gasteiger partial charge < -0.3 is 10.1 Å². The summed E-state index contributed by atoms with van der Waals surface area (Å²) in [5.74, 6) is -0.326. The minimum Gasteiger partial charge on any atom is -0.462 e. The summed E-state index contributed by atoms with van der Waals surface area (Å²) in [6, 6.07) is 0. The first-order valence-electron chi connectivity index (χ1n) is 5.93. The lowest BCUT2D eigenvalue weighted by molar-refractivity contribution is 0.0531. The summed E-state index contributed by atoms with van der Waals surface area (Å²) in [6.45, 7) is 5.90. The van der Waals surface area contributed by atoms with E-state index in [9.17, 15) is 4.79 Å². The van der Waals surface area contributed by atoms with Crippen LogP contribution in [0.5, 0.6) is 0 Å². The largest absolute Gasteiger partial charge is 0.462 e. The number of carbonyl (C=O) groups excluding carboxylic acids is 1. The second kappa shape index (κ2) is 5.40. The van der Waals surface area contributed by atoms with Gasteiger partial charge in [0, 0.05) is 7.05 Å². The van der Waals surface area contributed by atoms with E-state index >= 15 is 0 Å². The Morgan fingerprint density at radius 3 is 2.84 bits per heavy atom. The Morgan fingerprint density at radius 2 is 2.26 bits per heavy atom. The SMILES string of the molecule is CCOC(=O)c1sc(Nc2cnn(C)c2C)nc1C. The van der Waals surface area contributed by atoms with Crippen molar-refractivity contribution in [2.45, 2.75) is 20.8 Å². The minimum atomic E-state index is -0.326. The minimum absolute atomic E-state index is 0.326. The van der Waals surface area contributed by atoms with Gasteiger partial charge in [0.2, 0.25) is 0 Å². The molecule has 0 atom stereocenters. The van der Waals surface area contributed by atoms with Crippen molar-refractivity contribution in [3.8, 4) is 0 Å². The fraction of sp³-hybridized carbons (Fsp3) is 0.417. The van der Waals surface area contributed by atoms with E-state index < -0.39 is 0 Å². The van der Waals surface area contributed by atoms with Gasteiger partial charge in [-0.3, -0.25) is 4.68 Å². The standard InChI is InChI=1S/C12H16N4O2S/c1-5-18-11(17)10-7(2)14-12(19-10)15-9-6-13-16(4)8(9)3/h6H,5H2,1-4H3,(H,14,15). The summed E-state index contributed by atoms with van der Waals surface area (Å²) in [4.78, 5) is 16.6. The van der Waals surface area contributed by atoms with Crippen LogP contribution < -0.4 is 5.32 Å². The number of rotatable bonds is 4. The van der Waals surface area contributed by atoms with E-state index in [1.807, 2.05) is 14.0 Å². The number of aryl methyl sites for hydroxylation is 2. The number of nitrogens with one attached hydrogen (secondary N) is 1. The van der Waals surface area contributed by atoms with Crippen LogP contribution in [-0.2, 0) is 11.8 Å². The van der Waals surface area contributed by atoms with Crippen molar-refractivity contribution in [2.75, 3.05) is 11.9 Å². The zero-order chi connectivity index (χ0) is 14.0. The van der Waals surface area contributed by atoms with E-state index in [4.69, 9.17) is 4.74 Å². The van der Waals surface area contributed by atoms with Gasteiger partial charge in [-0.2, -0.15) is 5.10 Å². The molecule has 2 aromatic rings. The van der Waals surface area contributed by atoms with Crippen LogP contribution in [0.3, 0.4) is 0 Å². The highest BCUT2D eigenvalue weighted by Gasteiger charge is 2.17. The zero-order valence-corrected chi connectivity index (χ0v) is 12.2. The maximum absolute atomic E-state index is 11.7. The number of hydrogen-bond donors (Lipinski definition) is 1. The molecule has 2 heterocycles. The van der Waals surface area contributed by atoms with Crippen LogP contribution in [0.1, 0.15) is 28.0 Å². The number of thiazole rings is 1. The third-order valence-corrected chi connectivity index (χ3v) is 3.79. The van der Waals surface area contributed by atoms with Crippen LogP contribution in [-0.4, -0.2) is 27.3 Å². The molecule has 0 amide bonds. The van der Waals surface area contributed by atoms with Gasteiger partial charge in [0.25, 0.3) is 0 Å². The fourth-order valence-electron chi connectivity index (χ4n) is 1.57. The normalized spacial score (nSPS) is 10.5. The molecule has 0 radical (unpaired) electrons. The molecule has 0 saturated heterocycles. The summed E-state index contributed by atoms with van der Waals surface area (Å²) >= 11 is 1.29. The Morgan fingerprint density at radius 1 is 1.53 bits per heavy atom. The topological polar surface area (TPSA) is 69.0 Å². The Kier molecular flexibility index (Phi) is 3.84. The van der Waals surface area contributed by atoms with E-state index in [2.05, 4.69) is 15.4 Å². The number of anilines is 2. The second-order valence-electron chi connectivity index (χ2n) is 4.05. The highest BCUT2D eigenvalue weighted by molar-refractivity contribution is 7.17. The summed E-state index contributed by atoms with van der Waals surface area (Å²) in [6.07, 6.45) is 1.73. The lowest BCUT2D eigenvalue weighted by atomic mass is 10.4. The molecule has 0 bridgehead atoms. The molecule has 2 aromatic heterocycles. The van der Waals surface area contributed by atoms with Crippen molar-refractivity contribution in [2.24, 2.45) is 7.05 Å². The quantitative estimate of drug-likeness (QED) is 0.871. The van der Waals surface area contributed by atoms with Gasteiger partial charge in [0.15, 0.2) is 5.13 Å². The van der Waals surface area contributed by atoms with Crippen molar-refractivity contribution in [3.63, 3.8) is 0 Å². The summed E-state index contributed by atoms with van der Waals surface area (Å²) in [5.41, 5.74) is 2.56. The Bertz CT molecular complexity index is 603. The second-order valence-corrected chi connectivity index (χ2v) is 5.05. The molecule has 0 spiro atoms. The van der Waals surface area contributed by atoms with Crippen LogP contribution >= 0.6 is 11.3 Å². The lowest BCUT2D eigenvalue weighted by Crippen LogP contribution is -2.03. The molecule has 1 N–H and O–H groups in total. The van der Waals surface area contributed by atoms with Crippen molar-refractivity contribution in [3.05, 3.63) is 22.5 Å². The molecule has 6 nitrogen and oxygen atoms in total. The molecule has 102 valence electrons. The Labute approximate surface area is 115 Å². The first-order valence-corrected chi connectivity index (χ1v) is 6.74. The predicted molar refractivity (Wildman–Crippen MR) is 74.0 cm³/mol. The van der Waals surface area contributed by atoms with Crippen LogP contribution in [0.2, 0.25) is 0 Å². The number of aromatic nitrogens is 3. The van der Waals surface area contributed by atoms with Gasteiger partial charge in [0.05, 0.1) is 29.9 Å². The molecule has 0 saturated carbocycles. The van der Waals surface area contributed by atoms with E-state index in [1.54, 1.807) is 24.7 Å². The van der Waals surface area contributed by atoms with Gasteiger partial charge in [-0.15, -0.1) is 0 Å². The summed E-state index contributed by atoms with van der Waals surface area (Å²) in [7, 11) is 1.87. The highest BCUT2D eigenvalue weighted by Crippen LogP contribution is 2.27. The smallest absolute Gasteiger partial charge is 0.350 e. The summed E-state index contributed by atoms with van der Waals surface area (Å²) < 4.78 is 6.76. The van der Waals surface area contributed by atoms with E-state index in [-0.39, 0.29) is 5.97 Å². The van der Waals surface area contributed by atoms with Crippen LogP contribution in [0.25, 0.3) is 0 Å². The van der Waals surface area contributed by atoms with Gasteiger partial charge in [-0.25, -0.2) is 9.78 Å². The number of ether oxygens (including phenoxy) is 1. The maximum Gasteiger partial charge on any atom is 0.350 e. The van der Waals surface area contributed by atoms with Crippen molar-refractivity contribution in [1.82, 2.24) is 14.8 Å². The van der Waals surface area contributed by atoms with E-state index in [0.29, 0.717) is 22.3 Å². The number of carbonyl (C=O) groups is 1. The van der Waals surface area contributed by atoms with Crippen LogP contribution in [0.15, 0.2) is 6.20 Å². The Hall–Kier alpha value is -1.89. The zero-order valence-electron chi connectivity index (χ0n) is 11.4. The van der Waals surface area contributed by atoms with Crippen molar-refractivity contribution < 1.29 is 9.53 Å². The average molecular weight is 280 g/mol. The molecule has 0 aliphatic heterocycles. The molecule has 0 fully saturated rings. The van der Waals surface area contributed by atoms with Gasteiger partial charge in [-0.05, 0) is 20.8 Å². The van der Waals surface area contributed by atoms with Crippen LogP contribution in [0.4, 0.5) is 10.8 Å². The van der Waals surface area contributed by atoms with E-state index in [0.717, 1.165) is 11.4 Å². The van der Waals surface area contributed by atoms with Gasteiger partial charge >= 0.3 is 5.97 Å². The third kappa shape index (κ3) is 2.76. The molecule has 2 rings (SSSR count). The van der Waals surface area contributed by atoms with Crippen molar-refractivity contribution >= 4 is 28.1 Å². The predicted octanol–water partition coefficient (Wildman–Crippen LogP) is 2.41. The molecule has 0 unspecified atom stereocenters. The molecule has 19 heavy (non-hydrogen) atoms. The number of esters is 1. The first-order chi connectivity index (χ1) is 9.02. The number of hydrogen-bond acceptors (Lipinski definition) is 6. The van der Waals surface area contributed by atoms with Gasteiger partial charge in [-0.1, -0.05) is 11.3 Å². The number of nitrogens with zero attached hydrogens (tertiary/aromatic N) is 3. The Balaban J connectivity index is 2.21. The first kappa shape index (κ1) is 13.5.